The van der Waals surface area contributed by atoms with Crippen molar-refractivity contribution in [3.8, 4) is 0 Å². The van der Waals surface area contributed by atoms with E-state index in [-0.39, 0.29) is 6.61 Å². The lowest BCUT2D eigenvalue weighted by molar-refractivity contribution is 0.341. The molecule has 0 spiro atoms. The molecule has 13 heavy (non-hydrogen) atoms. The standard InChI is InChI=1S/C9H10BrNO2/c10-8(6-12)5-7-3-1-2-4-9(7)11-13/h1-5,11-13H,6H2/b8-5+. The molecule has 0 bridgehead atoms. The molecule has 3 N–H and O–H groups in total. The van der Waals surface area contributed by atoms with Crippen LogP contribution in [0.2, 0.25) is 0 Å². The number of aliphatic hydroxyl groups excluding tert-OH is 1. The van der Waals surface area contributed by atoms with Crippen LogP contribution in [0.4, 0.5) is 5.69 Å². The number of nitrogens with one attached hydrogen (secondary N) is 1. The van der Waals surface area contributed by atoms with Gasteiger partial charge in [0.05, 0.1) is 12.3 Å². The van der Waals surface area contributed by atoms with Gasteiger partial charge < -0.3 is 5.11 Å². The van der Waals surface area contributed by atoms with Crippen molar-refractivity contribution < 1.29 is 10.3 Å². The quantitative estimate of drug-likeness (QED) is 0.714. The topological polar surface area (TPSA) is 52.5 Å². The van der Waals surface area contributed by atoms with E-state index in [0.29, 0.717) is 10.2 Å². The molecule has 4 heteroatoms. The molecule has 0 unspecified atom stereocenters. The Kier molecular flexibility index (Phi) is 3.95. The first kappa shape index (κ1) is 10.2. The Hall–Kier alpha value is -0.840. The van der Waals surface area contributed by atoms with Crippen molar-refractivity contribution in [1.29, 1.82) is 0 Å². The molecule has 0 saturated heterocycles. The maximum absolute atomic E-state index is 8.76. The average Bonchev–Trinajstić information content (AvgIpc) is 2.18. The third-order valence-electron chi connectivity index (χ3n) is 1.54. The number of hydrogen-bond acceptors (Lipinski definition) is 3. The summed E-state index contributed by atoms with van der Waals surface area (Å²) in [6.45, 7) is -0.0558. The first-order chi connectivity index (χ1) is 6.27. The van der Waals surface area contributed by atoms with Gasteiger partial charge in [0.25, 0.3) is 0 Å². The minimum absolute atomic E-state index is 0.0558. The molecular weight excluding hydrogens is 234 g/mol. The van der Waals surface area contributed by atoms with Crippen molar-refractivity contribution in [1.82, 2.24) is 0 Å². The monoisotopic (exact) mass is 243 g/mol. The Bertz CT molecular complexity index is 312. The maximum atomic E-state index is 8.76. The van der Waals surface area contributed by atoms with Gasteiger partial charge in [-0.15, -0.1) is 0 Å². The summed E-state index contributed by atoms with van der Waals surface area (Å²) in [6, 6.07) is 7.23. The molecule has 0 amide bonds. The van der Waals surface area contributed by atoms with Crippen LogP contribution in [-0.2, 0) is 0 Å². The minimum Gasteiger partial charge on any atom is -0.391 e. The van der Waals surface area contributed by atoms with Crippen molar-refractivity contribution in [3.05, 3.63) is 34.3 Å². The number of aliphatic hydroxyl groups is 1. The maximum Gasteiger partial charge on any atom is 0.0747 e. The smallest absolute Gasteiger partial charge is 0.0747 e. The predicted octanol–water partition coefficient (Wildman–Crippen LogP) is 2.22. The molecule has 1 aromatic carbocycles. The van der Waals surface area contributed by atoms with E-state index >= 15 is 0 Å². The predicted molar refractivity (Wildman–Crippen MR) is 55.8 cm³/mol. The van der Waals surface area contributed by atoms with Gasteiger partial charge in [0.15, 0.2) is 0 Å². The Balaban J connectivity index is 2.99. The summed E-state index contributed by atoms with van der Waals surface area (Å²) in [5, 5.41) is 17.5. The average molecular weight is 244 g/mol. The molecule has 0 aliphatic rings. The van der Waals surface area contributed by atoms with E-state index in [1.807, 2.05) is 18.2 Å². The molecule has 0 aromatic heterocycles. The van der Waals surface area contributed by atoms with Gasteiger partial charge >= 0.3 is 0 Å². The number of halogens is 1. The lowest BCUT2D eigenvalue weighted by Crippen LogP contribution is -1.92. The van der Waals surface area contributed by atoms with Crippen molar-refractivity contribution in [2.24, 2.45) is 0 Å². The van der Waals surface area contributed by atoms with E-state index in [1.54, 1.807) is 12.1 Å². The van der Waals surface area contributed by atoms with Crippen LogP contribution in [0.25, 0.3) is 6.08 Å². The summed E-state index contributed by atoms with van der Waals surface area (Å²) in [6.07, 6.45) is 1.73. The van der Waals surface area contributed by atoms with E-state index in [4.69, 9.17) is 10.3 Å². The van der Waals surface area contributed by atoms with E-state index < -0.39 is 0 Å². The van der Waals surface area contributed by atoms with Crippen LogP contribution in [-0.4, -0.2) is 16.9 Å². The fourth-order valence-electron chi connectivity index (χ4n) is 0.939. The summed E-state index contributed by atoms with van der Waals surface area (Å²) in [5.41, 5.74) is 3.49. The fourth-order valence-corrected chi connectivity index (χ4v) is 1.19. The van der Waals surface area contributed by atoms with Crippen LogP contribution < -0.4 is 5.48 Å². The van der Waals surface area contributed by atoms with Crippen LogP contribution in [0.5, 0.6) is 0 Å². The number of benzene rings is 1. The Morgan fingerprint density at radius 3 is 2.77 bits per heavy atom. The zero-order valence-corrected chi connectivity index (χ0v) is 8.45. The van der Waals surface area contributed by atoms with Gasteiger partial charge in [0.1, 0.15) is 0 Å². The van der Waals surface area contributed by atoms with Gasteiger partial charge in [0, 0.05) is 10.0 Å². The molecule has 1 aromatic rings. The number of anilines is 1. The normalized spacial score (nSPS) is 11.5. The second-order valence-electron chi connectivity index (χ2n) is 2.45. The SMILES string of the molecule is OC/C(Br)=C\c1ccccc1NO. The molecule has 0 atom stereocenters. The molecule has 0 fully saturated rings. The third-order valence-corrected chi connectivity index (χ3v) is 2.02. The van der Waals surface area contributed by atoms with Gasteiger partial charge in [-0.05, 0) is 12.1 Å². The Morgan fingerprint density at radius 2 is 2.15 bits per heavy atom. The van der Waals surface area contributed by atoms with E-state index in [9.17, 15) is 0 Å². The zero-order chi connectivity index (χ0) is 9.68. The van der Waals surface area contributed by atoms with Gasteiger partial charge in [-0.25, -0.2) is 0 Å². The van der Waals surface area contributed by atoms with E-state index in [2.05, 4.69) is 21.4 Å². The minimum atomic E-state index is -0.0558. The second kappa shape index (κ2) is 5.01. The van der Waals surface area contributed by atoms with E-state index in [0.717, 1.165) is 5.56 Å². The summed E-state index contributed by atoms with van der Waals surface area (Å²) < 4.78 is 0.662. The molecule has 1 rings (SSSR count). The molecule has 0 aliphatic heterocycles. The Morgan fingerprint density at radius 1 is 1.46 bits per heavy atom. The van der Waals surface area contributed by atoms with Gasteiger partial charge in [-0.2, -0.15) is 0 Å². The van der Waals surface area contributed by atoms with Crippen LogP contribution in [0.1, 0.15) is 5.56 Å². The zero-order valence-electron chi connectivity index (χ0n) is 6.87. The first-order valence-corrected chi connectivity index (χ1v) is 4.53. The lowest BCUT2D eigenvalue weighted by Gasteiger charge is -2.03. The largest absolute Gasteiger partial charge is 0.391 e. The summed E-state index contributed by atoms with van der Waals surface area (Å²) in [7, 11) is 0. The summed E-state index contributed by atoms with van der Waals surface area (Å²) >= 11 is 3.18. The summed E-state index contributed by atoms with van der Waals surface area (Å²) in [4.78, 5) is 0. The number of rotatable bonds is 3. The van der Waals surface area contributed by atoms with Gasteiger partial charge in [0.2, 0.25) is 0 Å². The molecule has 0 aliphatic carbocycles. The highest BCUT2D eigenvalue weighted by Crippen LogP contribution is 2.19. The molecule has 0 radical (unpaired) electrons. The molecule has 0 heterocycles. The summed E-state index contributed by atoms with van der Waals surface area (Å²) in [5.74, 6) is 0. The first-order valence-electron chi connectivity index (χ1n) is 3.74. The van der Waals surface area contributed by atoms with Gasteiger partial charge in [-0.1, -0.05) is 34.1 Å². The second-order valence-corrected chi connectivity index (χ2v) is 3.47. The molecular formula is C9H10BrNO2. The highest BCUT2D eigenvalue weighted by molar-refractivity contribution is 9.11. The number of para-hydroxylation sites is 1. The van der Waals surface area contributed by atoms with Crippen LogP contribution in [0.3, 0.4) is 0 Å². The van der Waals surface area contributed by atoms with E-state index in [1.165, 1.54) is 0 Å². The van der Waals surface area contributed by atoms with Crippen molar-refractivity contribution in [2.75, 3.05) is 12.1 Å². The van der Waals surface area contributed by atoms with Crippen molar-refractivity contribution in [3.63, 3.8) is 0 Å². The molecule has 3 nitrogen and oxygen atoms in total. The number of hydrogen-bond donors (Lipinski definition) is 3. The van der Waals surface area contributed by atoms with Gasteiger partial charge in [-0.3, -0.25) is 10.7 Å². The van der Waals surface area contributed by atoms with Crippen molar-refractivity contribution >= 4 is 27.7 Å². The third kappa shape index (κ3) is 2.84. The highest BCUT2D eigenvalue weighted by atomic mass is 79.9. The molecule has 70 valence electrons. The van der Waals surface area contributed by atoms with Crippen LogP contribution >= 0.6 is 15.9 Å². The fraction of sp³-hybridized carbons (Fsp3) is 0.111. The lowest BCUT2D eigenvalue weighted by atomic mass is 10.2. The Labute approximate surface area is 84.8 Å². The van der Waals surface area contributed by atoms with Crippen LogP contribution in [0.15, 0.2) is 28.7 Å². The molecule has 0 saturated carbocycles. The van der Waals surface area contributed by atoms with Crippen LogP contribution in [0, 0.1) is 0 Å². The highest BCUT2D eigenvalue weighted by Gasteiger charge is 1.97. The van der Waals surface area contributed by atoms with Crippen molar-refractivity contribution in [2.45, 2.75) is 0 Å².